The summed E-state index contributed by atoms with van der Waals surface area (Å²) in [6.07, 6.45) is 3.49. The molecule has 0 amide bonds. The lowest BCUT2D eigenvalue weighted by atomic mass is 10.1. The Morgan fingerprint density at radius 3 is 2.53 bits per heavy atom. The maximum atomic E-state index is 5.42. The number of thioether (sulfide) groups is 1. The zero-order valence-corrected chi connectivity index (χ0v) is 12.1. The van der Waals surface area contributed by atoms with Crippen LogP contribution in [0, 0.1) is 0 Å². The van der Waals surface area contributed by atoms with Crippen molar-refractivity contribution in [3.05, 3.63) is 11.8 Å². The highest BCUT2D eigenvalue weighted by Crippen LogP contribution is 2.37. The minimum absolute atomic E-state index is 0.294. The number of morpholine rings is 1. The first kappa shape index (κ1) is 13.0. The van der Waals surface area contributed by atoms with Gasteiger partial charge >= 0.3 is 0 Å². The van der Waals surface area contributed by atoms with E-state index >= 15 is 0 Å². The van der Waals surface area contributed by atoms with E-state index in [2.05, 4.69) is 43.5 Å². The number of hydrogen-bond acceptors (Lipinski definition) is 3. The molecule has 2 aliphatic heterocycles. The second-order valence-corrected chi connectivity index (χ2v) is 7.23. The van der Waals surface area contributed by atoms with Gasteiger partial charge in [-0.1, -0.05) is 11.8 Å². The first-order valence-corrected chi connectivity index (χ1v) is 7.06. The first-order chi connectivity index (χ1) is 7.98. The van der Waals surface area contributed by atoms with Crippen LogP contribution in [0.2, 0.25) is 0 Å². The van der Waals surface area contributed by atoms with Crippen molar-refractivity contribution in [2.24, 2.45) is 0 Å². The van der Waals surface area contributed by atoms with Gasteiger partial charge in [0.05, 0.1) is 0 Å². The van der Waals surface area contributed by atoms with Gasteiger partial charge in [0.1, 0.15) is 13.2 Å². The highest BCUT2D eigenvalue weighted by molar-refractivity contribution is 8.15. The molecule has 4 heteroatoms. The second-order valence-electron chi connectivity index (χ2n) is 5.51. The number of nitrogens with zero attached hydrogens (tertiary/aromatic N) is 2. The van der Waals surface area contributed by atoms with Crippen LogP contribution in [0.5, 0.6) is 0 Å². The molecule has 0 saturated carbocycles. The predicted octanol–water partition coefficient (Wildman–Crippen LogP) is 1.79. The fourth-order valence-corrected chi connectivity index (χ4v) is 3.50. The van der Waals surface area contributed by atoms with Crippen molar-refractivity contribution < 1.29 is 9.31 Å². The number of allylic oxidation sites excluding steroid dienone is 1. The standard InChI is InChI=1S/C13H23N2OS/c1-13(2)10-11(14(3)4)9-12(17-13)15-5-7-16-8-6-15/h9H,5-8,10H2,1-4H3/q+1. The van der Waals surface area contributed by atoms with E-state index in [9.17, 15) is 0 Å². The monoisotopic (exact) mass is 255 g/mol. The van der Waals surface area contributed by atoms with Crippen molar-refractivity contribution in [3.8, 4) is 0 Å². The summed E-state index contributed by atoms with van der Waals surface area (Å²) in [5.41, 5.74) is 1.43. The molecule has 0 aromatic rings. The average molecular weight is 255 g/mol. The summed E-state index contributed by atoms with van der Waals surface area (Å²) >= 11 is 2.00. The summed E-state index contributed by atoms with van der Waals surface area (Å²) in [6.45, 7) is 8.42. The van der Waals surface area contributed by atoms with Gasteiger partial charge in [0.15, 0.2) is 13.1 Å². The Morgan fingerprint density at radius 1 is 1.29 bits per heavy atom. The largest absolute Gasteiger partial charge is 0.381 e. The van der Waals surface area contributed by atoms with Gasteiger partial charge in [-0.2, -0.15) is 0 Å². The summed E-state index contributed by atoms with van der Waals surface area (Å²) in [5, 5.41) is 1.41. The number of ether oxygens (including phenoxy) is 1. The van der Waals surface area contributed by atoms with Crippen molar-refractivity contribution in [2.75, 3.05) is 40.4 Å². The Balaban J connectivity index is 2.29. The van der Waals surface area contributed by atoms with E-state index in [0.29, 0.717) is 4.75 Å². The molecule has 2 heterocycles. The zero-order valence-electron chi connectivity index (χ0n) is 11.3. The lowest BCUT2D eigenvalue weighted by Crippen LogP contribution is -2.36. The van der Waals surface area contributed by atoms with Gasteiger partial charge in [0.2, 0.25) is 5.04 Å². The van der Waals surface area contributed by atoms with Crippen LogP contribution in [0.4, 0.5) is 0 Å². The summed E-state index contributed by atoms with van der Waals surface area (Å²) in [6, 6.07) is 0. The highest BCUT2D eigenvalue weighted by Gasteiger charge is 2.33. The van der Waals surface area contributed by atoms with Crippen LogP contribution in [0.1, 0.15) is 20.3 Å². The molecule has 3 nitrogen and oxygen atoms in total. The molecule has 17 heavy (non-hydrogen) atoms. The van der Waals surface area contributed by atoms with Gasteiger partial charge in [0, 0.05) is 37.0 Å². The topological polar surface area (TPSA) is 15.5 Å². The van der Waals surface area contributed by atoms with Crippen molar-refractivity contribution in [3.63, 3.8) is 0 Å². The van der Waals surface area contributed by atoms with E-state index in [0.717, 1.165) is 32.7 Å². The summed E-state index contributed by atoms with van der Waals surface area (Å²) < 4.78 is 8.17. The molecule has 0 aromatic heterocycles. The van der Waals surface area contributed by atoms with Crippen LogP contribution in [0.25, 0.3) is 0 Å². The minimum atomic E-state index is 0.294. The van der Waals surface area contributed by atoms with E-state index < -0.39 is 0 Å². The molecule has 2 aliphatic rings. The summed E-state index contributed by atoms with van der Waals surface area (Å²) in [5.74, 6) is 0. The molecule has 0 N–H and O–H groups in total. The second kappa shape index (κ2) is 5.02. The fourth-order valence-electron chi connectivity index (χ4n) is 2.21. The van der Waals surface area contributed by atoms with Crippen LogP contribution in [0.15, 0.2) is 11.8 Å². The molecular weight excluding hydrogens is 232 g/mol. The van der Waals surface area contributed by atoms with Crippen LogP contribution in [-0.2, 0) is 4.74 Å². The van der Waals surface area contributed by atoms with Crippen LogP contribution in [0.3, 0.4) is 0 Å². The van der Waals surface area contributed by atoms with Crippen LogP contribution in [-0.4, -0.2) is 59.7 Å². The van der Waals surface area contributed by atoms with Gasteiger partial charge < -0.3 is 9.64 Å². The third kappa shape index (κ3) is 3.26. The molecule has 0 spiro atoms. The average Bonchev–Trinajstić information content (AvgIpc) is 2.28. The maximum absolute atomic E-state index is 5.42. The van der Waals surface area contributed by atoms with Crippen LogP contribution >= 0.6 is 11.8 Å². The Labute approximate surface area is 109 Å². The van der Waals surface area contributed by atoms with Gasteiger partial charge in [-0.05, 0) is 13.8 Å². The Morgan fingerprint density at radius 2 is 1.94 bits per heavy atom. The Bertz CT molecular complexity index is 350. The molecule has 96 valence electrons. The SMILES string of the molecule is CN(C)C1=CC(=[N+]2CCOCC2)SC(C)(C)C1. The van der Waals surface area contributed by atoms with Crippen LogP contribution < -0.4 is 0 Å². The molecule has 0 radical (unpaired) electrons. The quantitative estimate of drug-likeness (QED) is 0.664. The van der Waals surface area contributed by atoms with Crippen molar-refractivity contribution in [1.82, 2.24) is 4.90 Å². The molecule has 2 rings (SSSR count). The molecule has 1 fully saturated rings. The molecule has 0 atom stereocenters. The minimum Gasteiger partial charge on any atom is -0.381 e. The van der Waals surface area contributed by atoms with Gasteiger partial charge in [-0.15, -0.1) is 0 Å². The smallest absolute Gasteiger partial charge is 0.237 e. The normalized spacial score (nSPS) is 24.6. The zero-order chi connectivity index (χ0) is 12.5. The molecule has 1 saturated heterocycles. The van der Waals surface area contributed by atoms with Crippen molar-refractivity contribution >= 4 is 16.8 Å². The summed E-state index contributed by atoms with van der Waals surface area (Å²) in [7, 11) is 4.27. The molecule has 0 aromatic carbocycles. The van der Waals surface area contributed by atoms with Gasteiger partial charge in [-0.3, -0.25) is 0 Å². The summed E-state index contributed by atoms with van der Waals surface area (Å²) in [4.78, 5) is 2.24. The number of rotatable bonds is 1. The molecule has 0 aliphatic carbocycles. The molecular formula is C13H23N2OS+. The highest BCUT2D eigenvalue weighted by atomic mass is 32.2. The molecule has 0 bridgehead atoms. The lowest BCUT2D eigenvalue weighted by molar-refractivity contribution is -0.546. The Kier molecular flexibility index (Phi) is 3.83. The molecule has 0 unspecified atom stereocenters. The maximum Gasteiger partial charge on any atom is 0.237 e. The van der Waals surface area contributed by atoms with E-state index in [1.807, 2.05) is 11.8 Å². The Hall–Kier alpha value is -0.480. The predicted molar refractivity (Wildman–Crippen MR) is 73.9 cm³/mol. The fraction of sp³-hybridized carbons (Fsp3) is 0.769. The van der Waals surface area contributed by atoms with E-state index in [4.69, 9.17) is 4.74 Å². The third-order valence-corrected chi connectivity index (χ3v) is 4.46. The third-order valence-electron chi connectivity index (χ3n) is 3.17. The van der Waals surface area contributed by atoms with E-state index in [1.165, 1.54) is 10.7 Å². The lowest BCUT2D eigenvalue weighted by Gasteiger charge is -2.32. The van der Waals surface area contributed by atoms with E-state index in [-0.39, 0.29) is 0 Å². The van der Waals surface area contributed by atoms with E-state index in [1.54, 1.807) is 0 Å². The van der Waals surface area contributed by atoms with Crippen molar-refractivity contribution in [2.45, 2.75) is 25.0 Å². The van der Waals surface area contributed by atoms with Gasteiger partial charge in [-0.25, -0.2) is 4.58 Å². The van der Waals surface area contributed by atoms with Crippen molar-refractivity contribution in [1.29, 1.82) is 0 Å². The number of hydrogen-bond donors (Lipinski definition) is 0. The van der Waals surface area contributed by atoms with Gasteiger partial charge in [0.25, 0.3) is 0 Å². The first-order valence-electron chi connectivity index (χ1n) is 6.24.